The number of rotatable bonds is 1. The monoisotopic (exact) mass is 225 g/mol. The Labute approximate surface area is 95.6 Å². The topological polar surface area (TPSA) is 61.4 Å². The van der Waals surface area contributed by atoms with E-state index in [0.717, 1.165) is 12.8 Å². The standard InChI is InChI=1S/C11H19N3O2/c1-8-10(15)12-6-7-14(8)11(16)13-9-4-2-3-5-9/h8-9H,2-7H2,1H3,(H,12,15)(H,13,16). The Bertz CT molecular complexity index is 287. The van der Waals surface area contributed by atoms with Gasteiger partial charge < -0.3 is 15.5 Å². The predicted molar refractivity (Wildman–Crippen MR) is 60.0 cm³/mol. The zero-order chi connectivity index (χ0) is 11.5. The second-order valence-electron chi connectivity index (χ2n) is 4.59. The average Bonchev–Trinajstić information content (AvgIpc) is 2.74. The first-order valence-corrected chi connectivity index (χ1v) is 6.03. The molecule has 3 amide bonds. The lowest BCUT2D eigenvalue weighted by Crippen LogP contribution is -2.59. The van der Waals surface area contributed by atoms with E-state index in [1.165, 1.54) is 12.8 Å². The van der Waals surface area contributed by atoms with E-state index in [4.69, 9.17) is 0 Å². The number of carbonyl (C=O) groups is 2. The molecule has 1 heterocycles. The number of urea groups is 1. The van der Waals surface area contributed by atoms with E-state index in [2.05, 4.69) is 10.6 Å². The summed E-state index contributed by atoms with van der Waals surface area (Å²) in [4.78, 5) is 25.0. The third kappa shape index (κ3) is 2.28. The molecule has 1 aliphatic heterocycles. The number of carbonyl (C=O) groups excluding carboxylic acids is 2. The van der Waals surface area contributed by atoms with Crippen LogP contribution >= 0.6 is 0 Å². The third-order valence-corrected chi connectivity index (χ3v) is 3.44. The Hall–Kier alpha value is -1.26. The lowest BCUT2D eigenvalue weighted by atomic mass is 10.2. The zero-order valence-electron chi connectivity index (χ0n) is 9.66. The van der Waals surface area contributed by atoms with Crippen LogP contribution in [0.2, 0.25) is 0 Å². The van der Waals surface area contributed by atoms with Crippen LogP contribution in [0.4, 0.5) is 4.79 Å². The molecule has 0 radical (unpaired) electrons. The maximum Gasteiger partial charge on any atom is 0.318 e. The van der Waals surface area contributed by atoms with E-state index in [1.54, 1.807) is 11.8 Å². The van der Waals surface area contributed by atoms with E-state index >= 15 is 0 Å². The van der Waals surface area contributed by atoms with Crippen LogP contribution in [0.25, 0.3) is 0 Å². The molecule has 2 aliphatic rings. The van der Waals surface area contributed by atoms with Crippen molar-refractivity contribution in [2.24, 2.45) is 0 Å². The minimum atomic E-state index is -0.352. The summed E-state index contributed by atoms with van der Waals surface area (Å²) >= 11 is 0. The van der Waals surface area contributed by atoms with Gasteiger partial charge in [-0.05, 0) is 19.8 Å². The van der Waals surface area contributed by atoms with Crippen molar-refractivity contribution in [1.82, 2.24) is 15.5 Å². The number of nitrogens with zero attached hydrogens (tertiary/aromatic N) is 1. The van der Waals surface area contributed by atoms with Crippen LogP contribution in [0, 0.1) is 0 Å². The Balaban J connectivity index is 1.89. The largest absolute Gasteiger partial charge is 0.353 e. The molecule has 0 aromatic heterocycles. The molecule has 2 N–H and O–H groups in total. The minimum absolute atomic E-state index is 0.0622. The van der Waals surface area contributed by atoms with Gasteiger partial charge in [0.25, 0.3) is 0 Å². The summed E-state index contributed by atoms with van der Waals surface area (Å²) < 4.78 is 0. The molecule has 0 spiro atoms. The van der Waals surface area contributed by atoms with Gasteiger partial charge in [-0.15, -0.1) is 0 Å². The van der Waals surface area contributed by atoms with Crippen LogP contribution in [-0.2, 0) is 4.79 Å². The van der Waals surface area contributed by atoms with Gasteiger partial charge in [0.1, 0.15) is 6.04 Å². The van der Waals surface area contributed by atoms with Crippen molar-refractivity contribution < 1.29 is 9.59 Å². The first kappa shape index (κ1) is 11.2. The molecule has 16 heavy (non-hydrogen) atoms. The molecule has 1 saturated heterocycles. The highest BCUT2D eigenvalue weighted by Crippen LogP contribution is 2.18. The Morgan fingerprint density at radius 3 is 2.81 bits per heavy atom. The first-order chi connectivity index (χ1) is 7.68. The smallest absolute Gasteiger partial charge is 0.318 e. The summed E-state index contributed by atoms with van der Waals surface area (Å²) in [6.07, 6.45) is 4.53. The molecule has 1 saturated carbocycles. The van der Waals surface area contributed by atoms with Gasteiger partial charge in [-0.3, -0.25) is 4.79 Å². The van der Waals surface area contributed by atoms with Crippen LogP contribution in [0.15, 0.2) is 0 Å². The second-order valence-corrected chi connectivity index (χ2v) is 4.59. The molecular weight excluding hydrogens is 206 g/mol. The van der Waals surface area contributed by atoms with E-state index in [0.29, 0.717) is 19.1 Å². The van der Waals surface area contributed by atoms with Gasteiger partial charge in [0.15, 0.2) is 0 Å². The molecule has 0 bridgehead atoms. The van der Waals surface area contributed by atoms with Gasteiger partial charge in [0, 0.05) is 19.1 Å². The molecule has 1 atom stereocenters. The summed E-state index contributed by atoms with van der Waals surface area (Å²) in [5, 5.41) is 5.76. The van der Waals surface area contributed by atoms with E-state index in [-0.39, 0.29) is 18.0 Å². The molecule has 1 unspecified atom stereocenters. The lowest BCUT2D eigenvalue weighted by molar-refractivity contribution is -0.126. The molecule has 90 valence electrons. The fraction of sp³-hybridized carbons (Fsp3) is 0.818. The van der Waals surface area contributed by atoms with Crippen molar-refractivity contribution in [1.29, 1.82) is 0 Å². The number of amides is 3. The summed E-state index contributed by atoms with van der Waals surface area (Å²) in [6.45, 7) is 2.93. The molecule has 5 nitrogen and oxygen atoms in total. The summed E-state index contributed by atoms with van der Waals surface area (Å²) in [6, 6.07) is -0.130. The van der Waals surface area contributed by atoms with E-state index < -0.39 is 0 Å². The highest BCUT2D eigenvalue weighted by Gasteiger charge is 2.30. The molecule has 0 aromatic carbocycles. The van der Waals surface area contributed by atoms with Crippen LogP contribution in [0.3, 0.4) is 0 Å². The number of nitrogens with one attached hydrogen (secondary N) is 2. The van der Waals surface area contributed by atoms with Crippen molar-refractivity contribution >= 4 is 11.9 Å². The van der Waals surface area contributed by atoms with Crippen LogP contribution in [-0.4, -0.2) is 42.0 Å². The molecule has 5 heteroatoms. The maximum atomic E-state index is 11.9. The summed E-state index contributed by atoms with van der Waals surface area (Å²) in [5.74, 6) is -0.0622. The number of hydrogen-bond acceptors (Lipinski definition) is 2. The fourth-order valence-electron chi connectivity index (χ4n) is 2.39. The first-order valence-electron chi connectivity index (χ1n) is 6.03. The highest BCUT2D eigenvalue weighted by molar-refractivity contribution is 5.87. The van der Waals surface area contributed by atoms with Gasteiger partial charge in [0.05, 0.1) is 0 Å². The minimum Gasteiger partial charge on any atom is -0.353 e. The Morgan fingerprint density at radius 1 is 1.44 bits per heavy atom. The van der Waals surface area contributed by atoms with Crippen molar-refractivity contribution in [2.45, 2.75) is 44.7 Å². The van der Waals surface area contributed by atoms with Crippen LogP contribution < -0.4 is 10.6 Å². The van der Waals surface area contributed by atoms with E-state index in [9.17, 15) is 9.59 Å². The fourth-order valence-corrected chi connectivity index (χ4v) is 2.39. The van der Waals surface area contributed by atoms with Crippen molar-refractivity contribution in [3.05, 3.63) is 0 Å². The van der Waals surface area contributed by atoms with Crippen molar-refractivity contribution in [2.75, 3.05) is 13.1 Å². The third-order valence-electron chi connectivity index (χ3n) is 3.44. The van der Waals surface area contributed by atoms with Crippen molar-refractivity contribution in [3.8, 4) is 0 Å². The molecule has 2 rings (SSSR count). The molecule has 2 fully saturated rings. The molecule has 0 aromatic rings. The Morgan fingerprint density at radius 2 is 2.12 bits per heavy atom. The van der Waals surface area contributed by atoms with Crippen LogP contribution in [0.5, 0.6) is 0 Å². The van der Waals surface area contributed by atoms with Gasteiger partial charge in [-0.1, -0.05) is 12.8 Å². The number of piperazine rings is 1. The Kier molecular flexibility index (Phi) is 3.31. The number of hydrogen-bond donors (Lipinski definition) is 2. The SMILES string of the molecule is CC1C(=O)NCCN1C(=O)NC1CCCC1. The summed E-state index contributed by atoms with van der Waals surface area (Å²) in [7, 11) is 0. The summed E-state index contributed by atoms with van der Waals surface area (Å²) in [5.41, 5.74) is 0. The quantitative estimate of drug-likeness (QED) is 0.681. The maximum absolute atomic E-state index is 11.9. The predicted octanol–water partition coefficient (Wildman–Crippen LogP) is 0.459. The van der Waals surface area contributed by atoms with Gasteiger partial charge >= 0.3 is 6.03 Å². The van der Waals surface area contributed by atoms with Gasteiger partial charge in [0.2, 0.25) is 5.91 Å². The molecular formula is C11H19N3O2. The van der Waals surface area contributed by atoms with Gasteiger partial charge in [-0.25, -0.2) is 4.79 Å². The van der Waals surface area contributed by atoms with Gasteiger partial charge in [-0.2, -0.15) is 0 Å². The second kappa shape index (κ2) is 4.72. The normalized spacial score (nSPS) is 26.7. The lowest BCUT2D eigenvalue weighted by Gasteiger charge is -2.33. The zero-order valence-corrected chi connectivity index (χ0v) is 9.66. The van der Waals surface area contributed by atoms with E-state index in [1.807, 2.05) is 0 Å². The molecule has 1 aliphatic carbocycles. The average molecular weight is 225 g/mol. The van der Waals surface area contributed by atoms with Crippen molar-refractivity contribution in [3.63, 3.8) is 0 Å². The van der Waals surface area contributed by atoms with Crippen LogP contribution in [0.1, 0.15) is 32.6 Å². The highest BCUT2D eigenvalue weighted by atomic mass is 16.2.